The molecule has 0 bridgehead atoms. The van der Waals surface area contributed by atoms with Crippen LogP contribution in [0.15, 0.2) is 83.4 Å². The van der Waals surface area contributed by atoms with Gasteiger partial charge in [0.25, 0.3) is 0 Å². The largest absolute Gasteiger partial charge is 0.332 e. The number of aryl methyl sites for hydroxylation is 1. The molecule has 2 aromatic heterocycles. The second-order valence-corrected chi connectivity index (χ2v) is 9.58. The van der Waals surface area contributed by atoms with Crippen LogP contribution in [0.2, 0.25) is 0 Å². The Labute approximate surface area is 192 Å². The number of hydrogen-bond donors (Lipinski definition) is 1. The molecule has 0 spiro atoms. The fourth-order valence-electron chi connectivity index (χ4n) is 3.42. The van der Waals surface area contributed by atoms with Gasteiger partial charge in [0, 0.05) is 42.1 Å². The van der Waals surface area contributed by atoms with Gasteiger partial charge in [-0.3, -0.25) is 0 Å². The number of imidazole rings is 2. The van der Waals surface area contributed by atoms with Gasteiger partial charge in [0.1, 0.15) is 0 Å². The summed E-state index contributed by atoms with van der Waals surface area (Å²) in [6.45, 7) is 0. The first kappa shape index (κ1) is 21.8. The minimum Gasteiger partial charge on any atom is -0.332 e. The number of rotatable bonds is 11. The van der Waals surface area contributed by atoms with Crippen molar-refractivity contribution in [2.75, 3.05) is 11.5 Å². The molecule has 0 aliphatic rings. The normalized spacial score (nSPS) is 11.1. The molecule has 0 saturated heterocycles. The van der Waals surface area contributed by atoms with Gasteiger partial charge in [-0.2, -0.15) is 0 Å². The zero-order valence-corrected chi connectivity index (χ0v) is 19.5. The van der Waals surface area contributed by atoms with E-state index in [0.29, 0.717) is 0 Å². The number of aromatic nitrogens is 4. The topological polar surface area (TPSA) is 46.5 Å². The first-order chi connectivity index (χ1) is 15.3. The Bertz CT molecular complexity index is 1000. The van der Waals surface area contributed by atoms with Crippen molar-refractivity contribution in [2.24, 2.45) is 7.05 Å². The molecule has 2 heterocycles. The van der Waals surface area contributed by atoms with E-state index in [1.54, 1.807) is 0 Å². The standard InChI is InChI=1S/C25H28N4S2/c1-29-17-16-26-25(29)31-19-11-3-2-10-18-30-24-27-22(20-12-6-4-7-13-20)23(28-24)21-14-8-5-9-15-21/h4-9,12-17H,2-3,10-11,18-19H2,1H3,(H,27,28). The molecule has 4 nitrogen and oxygen atoms in total. The van der Waals surface area contributed by atoms with Crippen LogP contribution in [0.25, 0.3) is 22.5 Å². The number of H-pyrrole nitrogens is 1. The molecular weight excluding hydrogens is 420 g/mol. The van der Waals surface area contributed by atoms with E-state index in [1.807, 2.05) is 55.1 Å². The number of benzene rings is 2. The molecule has 6 heteroatoms. The van der Waals surface area contributed by atoms with Crippen molar-refractivity contribution in [1.82, 2.24) is 19.5 Å². The van der Waals surface area contributed by atoms with Crippen LogP contribution in [-0.4, -0.2) is 31.0 Å². The lowest BCUT2D eigenvalue weighted by atomic mass is 10.1. The summed E-state index contributed by atoms with van der Waals surface area (Å²) in [5, 5.41) is 2.11. The molecule has 0 radical (unpaired) electrons. The van der Waals surface area contributed by atoms with E-state index in [4.69, 9.17) is 4.98 Å². The number of unbranched alkanes of at least 4 members (excludes halogenated alkanes) is 3. The van der Waals surface area contributed by atoms with E-state index < -0.39 is 0 Å². The van der Waals surface area contributed by atoms with Crippen molar-refractivity contribution in [3.63, 3.8) is 0 Å². The van der Waals surface area contributed by atoms with Gasteiger partial charge in [-0.05, 0) is 12.8 Å². The second kappa shape index (κ2) is 11.3. The second-order valence-electron chi connectivity index (χ2n) is 7.43. The Hall–Kier alpha value is -2.44. The van der Waals surface area contributed by atoms with Crippen molar-refractivity contribution in [3.8, 4) is 22.5 Å². The van der Waals surface area contributed by atoms with Crippen LogP contribution >= 0.6 is 23.5 Å². The van der Waals surface area contributed by atoms with Crippen molar-refractivity contribution in [1.29, 1.82) is 0 Å². The van der Waals surface area contributed by atoms with Crippen LogP contribution < -0.4 is 0 Å². The molecule has 4 aromatic rings. The number of thioether (sulfide) groups is 2. The Morgan fingerprint density at radius 3 is 2.10 bits per heavy atom. The predicted molar refractivity (Wildman–Crippen MR) is 133 cm³/mol. The summed E-state index contributed by atoms with van der Waals surface area (Å²) in [4.78, 5) is 12.9. The number of nitrogens with zero attached hydrogens (tertiary/aromatic N) is 3. The molecule has 0 unspecified atom stereocenters. The Morgan fingerprint density at radius 1 is 0.806 bits per heavy atom. The van der Waals surface area contributed by atoms with Crippen LogP contribution in [0.3, 0.4) is 0 Å². The van der Waals surface area contributed by atoms with Crippen LogP contribution in [-0.2, 0) is 7.05 Å². The lowest BCUT2D eigenvalue weighted by Crippen LogP contribution is -1.90. The van der Waals surface area contributed by atoms with Gasteiger partial charge < -0.3 is 9.55 Å². The third-order valence-electron chi connectivity index (χ3n) is 5.08. The SMILES string of the molecule is Cn1ccnc1SCCCCCCSc1nc(-c2ccccc2)c(-c2ccccc2)[nH]1. The summed E-state index contributed by atoms with van der Waals surface area (Å²) in [6, 6.07) is 20.9. The molecule has 0 saturated carbocycles. The maximum atomic E-state index is 4.94. The highest BCUT2D eigenvalue weighted by atomic mass is 32.2. The molecule has 0 fully saturated rings. The Balaban J connectivity index is 1.27. The summed E-state index contributed by atoms with van der Waals surface area (Å²) < 4.78 is 2.08. The molecule has 0 atom stereocenters. The third kappa shape index (κ3) is 6.05. The Morgan fingerprint density at radius 2 is 1.45 bits per heavy atom. The van der Waals surface area contributed by atoms with Crippen LogP contribution in [0.1, 0.15) is 25.7 Å². The fraction of sp³-hybridized carbons (Fsp3) is 0.280. The zero-order valence-electron chi connectivity index (χ0n) is 17.8. The van der Waals surface area contributed by atoms with Crippen molar-refractivity contribution < 1.29 is 0 Å². The molecular formula is C25H28N4S2. The molecule has 0 amide bonds. The monoisotopic (exact) mass is 448 g/mol. The van der Waals surface area contributed by atoms with Gasteiger partial charge >= 0.3 is 0 Å². The fourth-order valence-corrected chi connectivity index (χ4v) is 5.22. The van der Waals surface area contributed by atoms with Gasteiger partial charge in [-0.15, -0.1) is 0 Å². The minimum absolute atomic E-state index is 1.00. The number of aromatic amines is 1. The van der Waals surface area contributed by atoms with Crippen molar-refractivity contribution >= 4 is 23.5 Å². The maximum absolute atomic E-state index is 4.94. The van der Waals surface area contributed by atoms with Gasteiger partial charge in [-0.25, -0.2) is 9.97 Å². The van der Waals surface area contributed by atoms with E-state index in [0.717, 1.165) is 38.8 Å². The average molecular weight is 449 g/mol. The predicted octanol–water partition coefficient (Wildman–Crippen LogP) is 6.92. The minimum atomic E-state index is 1.00. The third-order valence-corrected chi connectivity index (χ3v) is 7.18. The summed E-state index contributed by atoms with van der Waals surface area (Å²) in [5.41, 5.74) is 4.45. The van der Waals surface area contributed by atoms with Crippen LogP contribution in [0.4, 0.5) is 0 Å². The average Bonchev–Trinajstić information content (AvgIpc) is 3.43. The van der Waals surface area contributed by atoms with Gasteiger partial charge in [0.2, 0.25) is 0 Å². The molecule has 2 aromatic carbocycles. The van der Waals surface area contributed by atoms with Gasteiger partial charge in [0.15, 0.2) is 10.3 Å². The molecule has 0 aliphatic carbocycles. The zero-order chi connectivity index (χ0) is 21.3. The van der Waals surface area contributed by atoms with Gasteiger partial charge in [0.05, 0.1) is 11.4 Å². The highest BCUT2D eigenvalue weighted by Crippen LogP contribution is 2.32. The van der Waals surface area contributed by atoms with Gasteiger partial charge in [-0.1, -0.05) is 97.0 Å². The van der Waals surface area contributed by atoms with E-state index in [9.17, 15) is 0 Å². The van der Waals surface area contributed by atoms with E-state index in [2.05, 4.69) is 63.1 Å². The molecule has 0 aliphatic heterocycles. The molecule has 31 heavy (non-hydrogen) atoms. The smallest absolute Gasteiger partial charge is 0.167 e. The van der Waals surface area contributed by atoms with Crippen LogP contribution in [0.5, 0.6) is 0 Å². The quantitative estimate of drug-likeness (QED) is 0.200. The van der Waals surface area contributed by atoms with E-state index >= 15 is 0 Å². The van der Waals surface area contributed by atoms with Crippen molar-refractivity contribution in [3.05, 3.63) is 73.1 Å². The van der Waals surface area contributed by atoms with E-state index in [1.165, 1.54) is 31.2 Å². The Kier molecular flexibility index (Phi) is 7.91. The van der Waals surface area contributed by atoms with Crippen LogP contribution in [0, 0.1) is 0 Å². The highest BCUT2D eigenvalue weighted by Gasteiger charge is 2.14. The summed E-state index contributed by atoms with van der Waals surface area (Å²) in [7, 11) is 2.05. The lowest BCUT2D eigenvalue weighted by Gasteiger charge is -2.02. The first-order valence-electron chi connectivity index (χ1n) is 10.7. The number of nitrogens with one attached hydrogen (secondary N) is 1. The van der Waals surface area contributed by atoms with Crippen molar-refractivity contribution in [2.45, 2.75) is 36.0 Å². The molecule has 160 valence electrons. The first-order valence-corrected chi connectivity index (χ1v) is 12.7. The molecule has 1 N–H and O–H groups in total. The summed E-state index contributed by atoms with van der Waals surface area (Å²) >= 11 is 3.67. The summed E-state index contributed by atoms with van der Waals surface area (Å²) in [5.74, 6) is 2.22. The lowest BCUT2D eigenvalue weighted by molar-refractivity contribution is 0.708. The maximum Gasteiger partial charge on any atom is 0.167 e. The van der Waals surface area contributed by atoms with E-state index in [-0.39, 0.29) is 0 Å². The number of hydrogen-bond acceptors (Lipinski definition) is 4. The highest BCUT2D eigenvalue weighted by molar-refractivity contribution is 7.99. The summed E-state index contributed by atoms with van der Waals surface area (Å²) in [6.07, 6.45) is 8.83. The molecule has 4 rings (SSSR count).